The number of nitrogen functional groups attached to an aromatic ring is 1. The van der Waals surface area contributed by atoms with E-state index in [4.69, 9.17) is 5.84 Å². The summed E-state index contributed by atoms with van der Waals surface area (Å²) in [5.74, 6) is 6.20. The van der Waals surface area contributed by atoms with Crippen LogP contribution in [0.3, 0.4) is 0 Å². The number of carbonyl (C=O) groups is 1. The molecule has 0 unspecified atom stereocenters. The molecule has 2 rings (SSSR count). The molecule has 1 aromatic heterocycles. The Kier molecular flexibility index (Phi) is 5.08. The summed E-state index contributed by atoms with van der Waals surface area (Å²) in [5.41, 5.74) is 4.48. The van der Waals surface area contributed by atoms with Crippen LogP contribution in [0.5, 0.6) is 0 Å². The van der Waals surface area contributed by atoms with Crippen LogP contribution in [0.1, 0.15) is 12.5 Å². The molecule has 1 amide bonds. The number of benzene rings is 1. The van der Waals surface area contributed by atoms with E-state index >= 15 is 0 Å². The maximum atomic E-state index is 11.6. The number of hydrazine groups is 1. The van der Waals surface area contributed by atoms with Gasteiger partial charge in [0.1, 0.15) is 5.82 Å². The average molecular weight is 287 g/mol. The lowest BCUT2D eigenvalue weighted by Crippen LogP contribution is -2.34. The maximum Gasteiger partial charge on any atom is 0.234 e. The molecule has 1 aromatic carbocycles. The van der Waals surface area contributed by atoms with Gasteiger partial charge in [-0.15, -0.1) is 0 Å². The van der Waals surface area contributed by atoms with E-state index in [1.807, 2.05) is 49.2 Å². The zero-order valence-electron chi connectivity index (χ0n) is 12.4. The fourth-order valence-corrected chi connectivity index (χ4v) is 2.25. The molecule has 112 valence electrons. The summed E-state index contributed by atoms with van der Waals surface area (Å²) in [6.45, 7) is 3.47. The van der Waals surface area contributed by atoms with Crippen LogP contribution in [-0.2, 0) is 11.3 Å². The monoisotopic (exact) mass is 287 g/mol. The van der Waals surface area contributed by atoms with E-state index in [-0.39, 0.29) is 5.91 Å². The Morgan fingerprint density at radius 2 is 2.14 bits per heavy atom. The number of para-hydroxylation sites is 1. The van der Waals surface area contributed by atoms with Crippen LogP contribution >= 0.6 is 0 Å². The number of hydrogen-bond acceptors (Lipinski definition) is 5. The molecule has 0 atom stereocenters. The number of hydrogen-bond donors (Lipinski definition) is 3. The minimum atomic E-state index is 0.0102. The molecule has 0 fully saturated rings. The Hall–Kier alpha value is -2.18. The van der Waals surface area contributed by atoms with Crippen LogP contribution < -0.4 is 16.6 Å². The molecule has 4 N–H and O–H groups in total. The summed E-state index contributed by atoms with van der Waals surface area (Å²) in [4.78, 5) is 18.0. The quantitative estimate of drug-likeness (QED) is 0.547. The normalized spacial score (nSPS) is 10.9. The predicted octanol–water partition coefficient (Wildman–Crippen LogP) is 1.09. The zero-order chi connectivity index (χ0) is 15.2. The molecule has 6 heteroatoms. The Labute approximate surface area is 124 Å². The first-order valence-corrected chi connectivity index (χ1v) is 6.94. The fourth-order valence-electron chi connectivity index (χ4n) is 2.25. The van der Waals surface area contributed by atoms with Crippen molar-refractivity contribution in [1.29, 1.82) is 0 Å². The highest BCUT2D eigenvalue weighted by atomic mass is 16.1. The van der Waals surface area contributed by atoms with Gasteiger partial charge in [0.25, 0.3) is 0 Å². The van der Waals surface area contributed by atoms with Crippen molar-refractivity contribution in [3.8, 4) is 0 Å². The number of nitrogens with one attached hydrogen (secondary N) is 2. The molecule has 0 aliphatic rings. The van der Waals surface area contributed by atoms with Crippen LogP contribution in [0, 0.1) is 0 Å². The van der Waals surface area contributed by atoms with Crippen LogP contribution in [0.15, 0.2) is 30.3 Å². The van der Waals surface area contributed by atoms with Gasteiger partial charge < -0.3 is 10.7 Å². The number of fused-ring (bicyclic) bond motifs is 1. The fraction of sp³-hybridized carbons (Fsp3) is 0.333. The van der Waals surface area contributed by atoms with Crippen LogP contribution in [0.25, 0.3) is 10.9 Å². The molecule has 0 radical (unpaired) electrons. The number of likely N-dealkylation sites (N-methyl/N-ethyl adjacent to an activating group) is 2. The van der Waals surface area contributed by atoms with Gasteiger partial charge in [0.05, 0.1) is 12.1 Å². The Balaban J connectivity index is 2.18. The number of rotatable bonds is 6. The summed E-state index contributed by atoms with van der Waals surface area (Å²) < 4.78 is 0. The molecule has 0 spiro atoms. The van der Waals surface area contributed by atoms with Crippen molar-refractivity contribution >= 4 is 22.6 Å². The van der Waals surface area contributed by atoms with Gasteiger partial charge in [-0.1, -0.05) is 18.2 Å². The van der Waals surface area contributed by atoms with Gasteiger partial charge in [-0.25, -0.2) is 10.8 Å². The van der Waals surface area contributed by atoms with E-state index in [1.165, 1.54) is 0 Å². The van der Waals surface area contributed by atoms with E-state index in [9.17, 15) is 4.79 Å². The van der Waals surface area contributed by atoms with Crippen molar-refractivity contribution in [2.45, 2.75) is 13.5 Å². The molecule has 1 heterocycles. The van der Waals surface area contributed by atoms with E-state index < -0.39 is 0 Å². The molecule has 21 heavy (non-hydrogen) atoms. The van der Waals surface area contributed by atoms with Gasteiger partial charge in [-0.05, 0) is 26.1 Å². The van der Waals surface area contributed by atoms with Crippen molar-refractivity contribution in [3.05, 3.63) is 35.9 Å². The summed E-state index contributed by atoms with van der Waals surface area (Å²) in [6, 6.07) is 9.91. The van der Waals surface area contributed by atoms with Crippen LogP contribution in [0.2, 0.25) is 0 Å². The lowest BCUT2D eigenvalue weighted by atomic mass is 10.1. The van der Waals surface area contributed by atoms with Crippen molar-refractivity contribution in [2.75, 3.05) is 25.6 Å². The molecule has 0 saturated carbocycles. The number of amides is 1. The summed E-state index contributed by atoms with van der Waals surface area (Å²) in [5, 5.41) is 3.84. The van der Waals surface area contributed by atoms with Crippen molar-refractivity contribution in [3.63, 3.8) is 0 Å². The summed E-state index contributed by atoms with van der Waals surface area (Å²) in [6.07, 6.45) is 0. The van der Waals surface area contributed by atoms with E-state index in [0.29, 0.717) is 25.5 Å². The Bertz CT molecular complexity index is 628. The number of nitrogens with two attached hydrogens (primary N) is 1. The number of nitrogens with zero attached hydrogens (tertiary/aromatic N) is 2. The minimum Gasteiger partial charge on any atom is -0.355 e. The minimum absolute atomic E-state index is 0.0102. The second kappa shape index (κ2) is 7.01. The Morgan fingerprint density at radius 1 is 1.38 bits per heavy atom. The van der Waals surface area contributed by atoms with Gasteiger partial charge in [0.2, 0.25) is 5.91 Å². The number of aromatic nitrogens is 1. The highest BCUT2D eigenvalue weighted by Gasteiger charge is 2.11. The lowest BCUT2D eigenvalue weighted by Gasteiger charge is -2.18. The SMILES string of the molecule is CCNC(=O)CN(C)Cc1cc2ccccc2nc1NN. The molecular formula is C15H21N5O. The third-order valence-electron chi connectivity index (χ3n) is 3.17. The summed E-state index contributed by atoms with van der Waals surface area (Å²) >= 11 is 0. The summed E-state index contributed by atoms with van der Waals surface area (Å²) in [7, 11) is 1.89. The molecule has 0 saturated heterocycles. The maximum absolute atomic E-state index is 11.6. The van der Waals surface area contributed by atoms with E-state index in [2.05, 4.69) is 15.7 Å². The third-order valence-corrected chi connectivity index (χ3v) is 3.17. The van der Waals surface area contributed by atoms with Gasteiger partial charge in [-0.3, -0.25) is 9.69 Å². The Morgan fingerprint density at radius 3 is 2.86 bits per heavy atom. The lowest BCUT2D eigenvalue weighted by molar-refractivity contribution is -0.121. The molecule has 0 aliphatic carbocycles. The van der Waals surface area contributed by atoms with Gasteiger partial charge in [-0.2, -0.15) is 0 Å². The number of anilines is 1. The van der Waals surface area contributed by atoms with E-state index in [0.717, 1.165) is 16.5 Å². The predicted molar refractivity (Wildman–Crippen MR) is 84.6 cm³/mol. The largest absolute Gasteiger partial charge is 0.355 e. The van der Waals surface area contributed by atoms with Crippen LogP contribution in [-0.4, -0.2) is 35.9 Å². The first kappa shape index (κ1) is 15.2. The van der Waals surface area contributed by atoms with E-state index in [1.54, 1.807) is 0 Å². The second-order valence-corrected chi connectivity index (χ2v) is 4.96. The molecular weight excluding hydrogens is 266 g/mol. The third kappa shape index (κ3) is 3.90. The van der Waals surface area contributed by atoms with Crippen molar-refractivity contribution in [1.82, 2.24) is 15.2 Å². The molecule has 0 aliphatic heterocycles. The van der Waals surface area contributed by atoms with Gasteiger partial charge in [0, 0.05) is 24.0 Å². The standard InChI is InChI=1S/C15H21N5O/c1-3-17-14(21)10-20(2)9-12-8-11-6-4-5-7-13(11)18-15(12)19-16/h4-8H,3,9-10,16H2,1-2H3,(H,17,21)(H,18,19). The first-order valence-electron chi connectivity index (χ1n) is 6.94. The van der Waals surface area contributed by atoms with Gasteiger partial charge in [0.15, 0.2) is 0 Å². The molecule has 6 nitrogen and oxygen atoms in total. The van der Waals surface area contributed by atoms with Crippen LogP contribution in [0.4, 0.5) is 5.82 Å². The second-order valence-electron chi connectivity index (χ2n) is 4.96. The van der Waals surface area contributed by atoms with Gasteiger partial charge >= 0.3 is 0 Å². The first-order chi connectivity index (χ1) is 10.1. The number of pyridine rings is 1. The molecule has 2 aromatic rings. The average Bonchev–Trinajstić information content (AvgIpc) is 2.46. The topological polar surface area (TPSA) is 83.3 Å². The molecule has 0 bridgehead atoms. The number of carbonyl (C=O) groups excluding carboxylic acids is 1. The van der Waals surface area contributed by atoms with Crippen molar-refractivity contribution in [2.24, 2.45) is 5.84 Å². The highest BCUT2D eigenvalue weighted by Crippen LogP contribution is 2.20. The van der Waals surface area contributed by atoms with Crippen molar-refractivity contribution < 1.29 is 4.79 Å². The highest BCUT2D eigenvalue weighted by molar-refractivity contribution is 5.81. The zero-order valence-corrected chi connectivity index (χ0v) is 12.4. The smallest absolute Gasteiger partial charge is 0.234 e.